The number of phenols is 2. The van der Waals surface area contributed by atoms with E-state index in [-0.39, 0.29) is 68.0 Å². The second-order valence-electron chi connectivity index (χ2n) is 7.81. The fraction of sp³-hybridized carbons (Fsp3) is 0.286. The summed E-state index contributed by atoms with van der Waals surface area (Å²) in [5, 5.41) is 20.9. The molecular weight excluding hydrogens is 416 g/mol. The molecule has 0 saturated carbocycles. The summed E-state index contributed by atoms with van der Waals surface area (Å²) in [5.74, 6) is -3.26. The van der Waals surface area contributed by atoms with Crippen LogP contribution in [0.4, 0.5) is 0 Å². The van der Waals surface area contributed by atoms with Crippen molar-refractivity contribution < 1.29 is 38.8 Å². The molecule has 2 aliphatic rings. The molecule has 0 aromatic heterocycles. The molecule has 30 heavy (non-hydrogen) atoms. The zero-order valence-corrected chi connectivity index (χ0v) is 17.3. The van der Waals surface area contributed by atoms with Crippen LogP contribution in [0.3, 0.4) is 0 Å². The van der Waals surface area contributed by atoms with Crippen LogP contribution in [0.15, 0.2) is 0 Å². The van der Waals surface area contributed by atoms with Crippen LogP contribution < -0.4 is 14.2 Å². The van der Waals surface area contributed by atoms with Gasteiger partial charge in [-0.25, -0.2) is 4.79 Å². The Morgan fingerprint density at radius 1 is 0.933 bits per heavy atom. The van der Waals surface area contributed by atoms with E-state index < -0.39 is 23.1 Å². The highest BCUT2D eigenvalue weighted by molar-refractivity contribution is 6.34. The molecule has 8 nitrogen and oxygen atoms in total. The number of carbonyl (C=O) groups is 3. The highest BCUT2D eigenvalue weighted by atomic mass is 35.5. The van der Waals surface area contributed by atoms with Crippen LogP contribution in [0.25, 0.3) is 0 Å². The molecule has 0 spiro atoms. The average molecular weight is 433 g/mol. The fourth-order valence-corrected chi connectivity index (χ4v) is 3.94. The Labute approximate surface area is 175 Å². The molecular formula is C21H17ClO8. The number of rotatable bonds is 1. The minimum absolute atomic E-state index is 0.0601. The van der Waals surface area contributed by atoms with Crippen LogP contribution in [-0.4, -0.2) is 33.9 Å². The predicted molar refractivity (Wildman–Crippen MR) is 105 cm³/mol. The third-order valence-corrected chi connectivity index (χ3v) is 5.64. The highest BCUT2D eigenvalue weighted by Gasteiger charge is 2.41. The molecule has 0 bridgehead atoms. The van der Waals surface area contributed by atoms with E-state index in [1.54, 1.807) is 20.8 Å². The van der Waals surface area contributed by atoms with Crippen molar-refractivity contribution in [2.75, 3.05) is 0 Å². The Balaban J connectivity index is 2.05. The largest absolute Gasteiger partial charge is 0.505 e. The normalized spacial score (nSPS) is 16.3. The third-order valence-electron chi connectivity index (χ3n) is 5.18. The van der Waals surface area contributed by atoms with Crippen LogP contribution >= 0.6 is 11.6 Å². The quantitative estimate of drug-likeness (QED) is 0.390. The number of aldehydes is 1. The number of hydrogen-bond acceptors (Lipinski definition) is 8. The number of fused-ring (bicyclic) bond motifs is 3. The second kappa shape index (κ2) is 6.37. The van der Waals surface area contributed by atoms with Crippen LogP contribution in [0, 0.1) is 13.8 Å². The number of phenolic OH excluding ortho intramolecular Hbond substituents is 2. The van der Waals surface area contributed by atoms with Gasteiger partial charge in [-0.15, -0.1) is 0 Å². The second-order valence-corrected chi connectivity index (χ2v) is 8.19. The summed E-state index contributed by atoms with van der Waals surface area (Å²) in [6, 6.07) is 0. The molecule has 0 fully saturated rings. The summed E-state index contributed by atoms with van der Waals surface area (Å²) in [5.41, 5.74) is -0.939. The van der Waals surface area contributed by atoms with E-state index >= 15 is 0 Å². The van der Waals surface area contributed by atoms with Crippen molar-refractivity contribution in [3.8, 4) is 34.5 Å². The van der Waals surface area contributed by atoms with E-state index in [2.05, 4.69) is 0 Å². The zero-order valence-electron chi connectivity index (χ0n) is 16.5. The molecule has 2 aromatic carbocycles. The van der Waals surface area contributed by atoms with Gasteiger partial charge in [-0.05, 0) is 33.3 Å². The molecule has 2 aliphatic heterocycles. The van der Waals surface area contributed by atoms with Gasteiger partial charge in [0.05, 0.1) is 17.0 Å². The first kappa shape index (κ1) is 20.0. The van der Waals surface area contributed by atoms with E-state index in [9.17, 15) is 24.6 Å². The Morgan fingerprint density at radius 3 is 2.23 bits per heavy atom. The van der Waals surface area contributed by atoms with Gasteiger partial charge in [0.15, 0.2) is 29.3 Å². The highest BCUT2D eigenvalue weighted by Crippen LogP contribution is 2.56. The molecule has 4 rings (SSSR count). The number of ether oxygens (including phenoxy) is 3. The maximum atomic E-state index is 12.9. The Hall–Kier alpha value is -3.26. The smallest absolute Gasteiger partial charge is 0.347 e. The van der Waals surface area contributed by atoms with E-state index in [0.29, 0.717) is 6.29 Å². The van der Waals surface area contributed by atoms with Gasteiger partial charge in [-0.1, -0.05) is 11.6 Å². The molecule has 0 aliphatic carbocycles. The standard InChI is InChI=1S/C21H17ClO8/c1-7-12-17(9(6-23)14(25)13(7)22)28-16-8(2)11-10(24)5-21(3,4)30-18(11)15(26)19(16)29-20(12)27/h6,25-26H,5H2,1-4H3. The summed E-state index contributed by atoms with van der Waals surface area (Å²) in [6.45, 7) is 6.37. The number of aromatic hydroxyl groups is 2. The van der Waals surface area contributed by atoms with Crippen molar-refractivity contribution in [1.29, 1.82) is 0 Å². The number of halogens is 1. The molecule has 9 heteroatoms. The lowest BCUT2D eigenvalue weighted by molar-refractivity contribution is 0.0593. The van der Waals surface area contributed by atoms with Crippen molar-refractivity contribution in [2.45, 2.75) is 39.7 Å². The topological polar surface area (TPSA) is 119 Å². The van der Waals surface area contributed by atoms with Crippen molar-refractivity contribution in [3.63, 3.8) is 0 Å². The first-order chi connectivity index (χ1) is 14.0. The van der Waals surface area contributed by atoms with Gasteiger partial charge in [-0.2, -0.15) is 0 Å². The number of ketones is 1. The molecule has 0 unspecified atom stereocenters. The van der Waals surface area contributed by atoms with Crippen LogP contribution in [-0.2, 0) is 0 Å². The molecule has 0 atom stereocenters. The predicted octanol–water partition coefficient (Wildman–Crippen LogP) is 4.25. The van der Waals surface area contributed by atoms with Gasteiger partial charge >= 0.3 is 5.97 Å². The van der Waals surface area contributed by atoms with E-state index in [4.69, 9.17) is 25.8 Å². The Kier molecular flexibility index (Phi) is 4.25. The van der Waals surface area contributed by atoms with E-state index in [0.717, 1.165) is 0 Å². The number of esters is 1. The molecule has 0 saturated heterocycles. The summed E-state index contributed by atoms with van der Waals surface area (Å²) in [6.07, 6.45) is 0.354. The lowest BCUT2D eigenvalue weighted by Gasteiger charge is -2.33. The van der Waals surface area contributed by atoms with Gasteiger partial charge in [0.25, 0.3) is 0 Å². The minimum Gasteiger partial charge on any atom is -0.505 e. The van der Waals surface area contributed by atoms with Crippen molar-refractivity contribution in [3.05, 3.63) is 32.8 Å². The monoisotopic (exact) mass is 432 g/mol. The average Bonchev–Trinajstić information content (AvgIpc) is 2.80. The third kappa shape index (κ3) is 2.64. The summed E-state index contributed by atoms with van der Waals surface area (Å²) < 4.78 is 17.0. The van der Waals surface area contributed by atoms with Gasteiger partial charge in [0.2, 0.25) is 11.5 Å². The summed E-state index contributed by atoms with van der Waals surface area (Å²) in [7, 11) is 0. The van der Waals surface area contributed by atoms with Gasteiger partial charge < -0.3 is 24.4 Å². The molecule has 2 aromatic rings. The zero-order chi connectivity index (χ0) is 22.1. The summed E-state index contributed by atoms with van der Waals surface area (Å²) in [4.78, 5) is 37.3. The van der Waals surface area contributed by atoms with Crippen molar-refractivity contribution >= 4 is 29.6 Å². The number of benzene rings is 2. The fourth-order valence-electron chi connectivity index (χ4n) is 3.75. The van der Waals surface area contributed by atoms with Crippen LogP contribution in [0.5, 0.6) is 34.5 Å². The molecule has 156 valence electrons. The van der Waals surface area contributed by atoms with Gasteiger partial charge in [0, 0.05) is 5.56 Å². The maximum absolute atomic E-state index is 12.9. The Bertz CT molecular complexity index is 1180. The van der Waals surface area contributed by atoms with E-state index in [1.807, 2.05) is 0 Å². The minimum atomic E-state index is -0.956. The molecule has 0 amide bonds. The summed E-state index contributed by atoms with van der Waals surface area (Å²) >= 11 is 6.06. The Morgan fingerprint density at radius 2 is 1.60 bits per heavy atom. The lowest BCUT2D eigenvalue weighted by atomic mass is 9.89. The number of hydrogen-bond donors (Lipinski definition) is 2. The van der Waals surface area contributed by atoms with Crippen LogP contribution in [0.2, 0.25) is 5.02 Å². The first-order valence-corrected chi connectivity index (χ1v) is 9.38. The van der Waals surface area contributed by atoms with Crippen molar-refractivity contribution in [2.24, 2.45) is 0 Å². The maximum Gasteiger partial charge on any atom is 0.347 e. The molecule has 2 N–H and O–H groups in total. The van der Waals surface area contributed by atoms with E-state index in [1.165, 1.54) is 6.92 Å². The first-order valence-electron chi connectivity index (χ1n) is 9.00. The van der Waals surface area contributed by atoms with Crippen LogP contribution in [0.1, 0.15) is 62.5 Å². The molecule has 0 radical (unpaired) electrons. The van der Waals surface area contributed by atoms with Gasteiger partial charge in [0.1, 0.15) is 22.5 Å². The SMILES string of the molecule is Cc1c2c(c(O)c3c1C(=O)CC(C)(C)O3)OC(=O)c1c(C)c(Cl)c(O)c(C=O)c1O2. The number of carbonyl (C=O) groups excluding carboxylic acids is 3. The molecule has 2 heterocycles. The number of Topliss-reactive ketones (excluding diaryl/α,β-unsaturated/α-hetero) is 1. The van der Waals surface area contributed by atoms with Gasteiger partial charge in [-0.3, -0.25) is 9.59 Å². The lowest BCUT2D eigenvalue weighted by Crippen LogP contribution is -2.36. The van der Waals surface area contributed by atoms with Crippen molar-refractivity contribution in [1.82, 2.24) is 0 Å².